The van der Waals surface area contributed by atoms with Gasteiger partial charge in [-0.2, -0.15) is 0 Å². The maximum atomic E-state index is 15.2. The first kappa shape index (κ1) is 35.3. The minimum atomic E-state index is -0.300. The molecule has 6 rings (SSSR count). The summed E-state index contributed by atoms with van der Waals surface area (Å²) in [5.74, 6) is 0.233. The molecule has 0 aromatic heterocycles. The SMILES string of the molecule is CC1CN(Cc2cccc(-c3cc(CNC(=O)c4cccc(CC5CC[N+](C)(C)CC5)c4)ccc3F)c2)CCN1C(=O)OCc1ccccc1. The largest absolute Gasteiger partial charge is 0.445 e. The highest BCUT2D eigenvalue weighted by molar-refractivity contribution is 5.94. The van der Waals surface area contributed by atoms with Crippen molar-refractivity contribution >= 4 is 12.0 Å². The van der Waals surface area contributed by atoms with Crippen LogP contribution in [0.25, 0.3) is 11.1 Å². The van der Waals surface area contributed by atoms with Crippen LogP contribution in [0.3, 0.4) is 0 Å². The summed E-state index contributed by atoms with van der Waals surface area (Å²) in [4.78, 5) is 30.1. The highest BCUT2D eigenvalue weighted by atomic mass is 19.1. The molecule has 0 radical (unpaired) electrons. The van der Waals surface area contributed by atoms with Gasteiger partial charge in [0.1, 0.15) is 12.4 Å². The monoisotopic (exact) mass is 677 g/mol. The number of piperazine rings is 1. The summed E-state index contributed by atoms with van der Waals surface area (Å²) in [7, 11) is 4.59. The van der Waals surface area contributed by atoms with E-state index in [0.29, 0.717) is 36.7 Å². The Bertz CT molecular complexity index is 1770. The third kappa shape index (κ3) is 9.37. The molecule has 1 unspecified atom stereocenters. The van der Waals surface area contributed by atoms with E-state index in [1.54, 1.807) is 11.0 Å². The van der Waals surface area contributed by atoms with Gasteiger partial charge in [-0.25, -0.2) is 9.18 Å². The van der Waals surface area contributed by atoms with Crippen molar-refractivity contribution in [2.45, 2.75) is 51.9 Å². The number of nitrogens with zero attached hydrogens (tertiary/aromatic N) is 3. The van der Waals surface area contributed by atoms with Crippen LogP contribution in [0, 0.1) is 11.7 Å². The molecule has 2 amide bonds. The lowest BCUT2D eigenvalue weighted by Gasteiger charge is -2.39. The zero-order valence-electron chi connectivity index (χ0n) is 29.6. The standard InChI is InChI=1S/C42H49FN4O3/c1-31-28-45(19-20-46(31)42(49)50-30-33-9-5-4-6-10-33)29-36-12-8-13-37(25-36)39-26-35(15-16-40(39)43)27-44-41(48)38-14-7-11-34(24-38)23-32-17-21-47(2,3)22-18-32/h4-16,24-26,31-32H,17-23,27-30H2,1-3H3/p+1. The van der Waals surface area contributed by atoms with Crippen LogP contribution in [0.15, 0.2) is 97.1 Å². The molecule has 2 aliphatic rings. The second kappa shape index (κ2) is 16.0. The summed E-state index contributed by atoms with van der Waals surface area (Å²) in [5.41, 5.74) is 6.04. The Morgan fingerprint density at radius 1 is 0.840 bits per heavy atom. The fourth-order valence-electron chi connectivity index (χ4n) is 7.23. The van der Waals surface area contributed by atoms with Gasteiger partial charge in [0.05, 0.1) is 27.2 Å². The molecule has 0 aliphatic carbocycles. The third-order valence-corrected chi connectivity index (χ3v) is 10.3. The zero-order chi connectivity index (χ0) is 35.1. The van der Waals surface area contributed by atoms with Crippen molar-refractivity contribution in [1.29, 1.82) is 0 Å². The maximum absolute atomic E-state index is 15.2. The summed E-state index contributed by atoms with van der Waals surface area (Å²) in [5, 5.41) is 3.04. The number of likely N-dealkylation sites (tertiary alicyclic amines) is 1. The van der Waals surface area contributed by atoms with E-state index in [1.165, 1.54) is 37.6 Å². The predicted octanol–water partition coefficient (Wildman–Crippen LogP) is 7.29. The van der Waals surface area contributed by atoms with Crippen LogP contribution in [-0.2, 0) is 30.9 Å². The molecule has 4 aromatic carbocycles. The molecule has 8 heteroatoms. The van der Waals surface area contributed by atoms with Gasteiger partial charge in [-0.3, -0.25) is 9.69 Å². The Hall–Kier alpha value is -4.53. The number of amides is 2. The molecule has 2 aliphatic heterocycles. The second-order valence-electron chi connectivity index (χ2n) is 14.7. The topological polar surface area (TPSA) is 61.9 Å². The van der Waals surface area contributed by atoms with Crippen LogP contribution >= 0.6 is 0 Å². The molecule has 50 heavy (non-hydrogen) atoms. The van der Waals surface area contributed by atoms with Crippen molar-refractivity contribution in [3.05, 3.63) is 131 Å². The van der Waals surface area contributed by atoms with E-state index in [2.05, 4.69) is 36.4 Å². The van der Waals surface area contributed by atoms with Gasteiger partial charge in [-0.15, -0.1) is 0 Å². The molecule has 262 valence electrons. The highest BCUT2D eigenvalue weighted by Gasteiger charge is 2.29. The molecule has 1 atom stereocenters. The number of ether oxygens (including phenoxy) is 1. The van der Waals surface area contributed by atoms with E-state index in [-0.39, 0.29) is 30.5 Å². The lowest BCUT2D eigenvalue weighted by Crippen LogP contribution is -2.53. The van der Waals surface area contributed by atoms with Crippen molar-refractivity contribution in [2.75, 3.05) is 46.8 Å². The number of piperidine rings is 1. The Labute approximate surface area is 296 Å². The van der Waals surface area contributed by atoms with Crippen molar-refractivity contribution < 1.29 is 23.2 Å². The normalized spacial score (nSPS) is 18.1. The average molecular weight is 678 g/mol. The molecular formula is C42H50FN4O3+. The average Bonchev–Trinajstić information content (AvgIpc) is 3.12. The number of hydrogen-bond donors (Lipinski definition) is 1. The second-order valence-corrected chi connectivity index (χ2v) is 14.7. The summed E-state index contributed by atoms with van der Waals surface area (Å²) >= 11 is 0. The Balaban J connectivity index is 1.02. The predicted molar refractivity (Wildman–Crippen MR) is 196 cm³/mol. The molecule has 0 saturated carbocycles. The fourth-order valence-corrected chi connectivity index (χ4v) is 7.23. The number of carbonyl (C=O) groups is 2. The van der Waals surface area contributed by atoms with E-state index >= 15 is 4.39 Å². The molecule has 1 N–H and O–H groups in total. The van der Waals surface area contributed by atoms with Gasteiger partial charge in [-0.1, -0.05) is 66.7 Å². The number of benzene rings is 4. The first-order valence-corrected chi connectivity index (χ1v) is 17.9. The molecular weight excluding hydrogens is 627 g/mol. The van der Waals surface area contributed by atoms with Crippen molar-refractivity contribution in [3.8, 4) is 11.1 Å². The quantitative estimate of drug-likeness (QED) is 0.179. The Morgan fingerprint density at radius 2 is 1.58 bits per heavy atom. The number of hydrogen-bond acceptors (Lipinski definition) is 4. The molecule has 2 fully saturated rings. The van der Waals surface area contributed by atoms with E-state index in [4.69, 9.17) is 4.74 Å². The maximum Gasteiger partial charge on any atom is 0.410 e. The van der Waals surface area contributed by atoms with E-state index < -0.39 is 0 Å². The zero-order valence-corrected chi connectivity index (χ0v) is 29.6. The summed E-state index contributed by atoms with van der Waals surface area (Å²) in [6.07, 6.45) is 3.13. The first-order valence-electron chi connectivity index (χ1n) is 17.9. The van der Waals surface area contributed by atoms with Crippen molar-refractivity contribution in [2.24, 2.45) is 5.92 Å². The Morgan fingerprint density at radius 3 is 2.36 bits per heavy atom. The number of nitrogens with one attached hydrogen (secondary N) is 1. The van der Waals surface area contributed by atoms with E-state index in [1.807, 2.05) is 79.7 Å². The van der Waals surface area contributed by atoms with Crippen LogP contribution in [0.4, 0.5) is 9.18 Å². The van der Waals surface area contributed by atoms with Crippen LogP contribution in [0.2, 0.25) is 0 Å². The minimum Gasteiger partial charge on any atom is -0.445 e. The van der Waals surface area contributed by atoms with Gasteiger partial charge in [0.2, 0.25) is 0 Å². The number of rotatable bonds is 10. The van der Waals surface area contributed by atoms with Gasteiger partial charge in [0.15, 0.2) is 0 Å². The summed E-state index contributed by atoms with van der Waals surface area (Å²) in [6, 6.07) is 30.7. The van der Waals surface area contributed by atoms with Crippen molar-refractivity contribution in [3.63, 3.8) is 0 Å². The van der Waals surface area contributed by atoms with Gasteiger partial charge in [0, 0.05) is 49.9 Å². The lowest BCUT2D eigenvalue weighted by molar-refractivity contribution is -0.896. The molecule has 0 spiro atoms. The van der Waals surface area contributed by atoms with Gasteiger partial charge in [0.25, 0.3) is 5.91 Å². The molecule has 2 heterocycles. The van der Waals surface area contributed by atoms with Crippen LogP contribution in [0.5, 0.6) is 0 Å². The highest BCUT2D eigenvalue weighted by Crippen LogP contribution is 2.27. The van der Waals surface area contributed by atoms with Gasteiger partial charge in [-0.05, 0) is 90.3 Å². The molecule has 7 nitrogen and oxygen atoms in total. The molecule has 4 aromatic rings. The minimum absolute atomic E-state index is 0.00549. The van der Waals surface area contributed by atoms with Crippen LogP contribution in [0.1, 0.15) is 52.4 Å². The Kier molecular flexibility index (Phi) is 11.3. The molecule has 0 bridgehead atoms. The summed E-state index contributed by atoms with van der Waals surface area (Å²) in [6.45, 7) is 7.72. The molecule has 2 saturated heterocycles. The van der Waals surface area contributed by atoms with Crippen LogP contribution < -0.4 is 5.32 Å². The smallest absolute Gasteiger partial charge is 0.410 e. The summed E-state index contributed by atoms with van der Waals surface area (Å²) < 4.78 is 21.8. The van der Waals surface area contributed by atoms with Crippen molar-refractivity contribution in [1.82, 2.24) is 15.1 Å². The van der Waals surface area contributed by atoms with E-state index in [0.717, 1.165) is 46.2 Å². The van der Waals surface area contributed by atoms with Crippen LogP contribution in [-0.4, -0.2) is 79.1 Å². The lowest BCUT2D eigenvalue weighted by atomic mass is 9.89. The number of halogens is 1. The van der Waals surface area contributed by atoms with Gasteiger partial charge >= 0.3 is 6.09 Å². The number of carbonyl (C=O) groups excluding carboxylic acids is 2. The number of quaternary nitrogens is 1. The first-order chi connectivity index (χ1) is 24.1. The van der Waals surface area contributed by atoms with Gasteiger partial charge < -0.3 is 19.4 Å². The van der Waals surface area contributed by atoms with E-state index in [9.17, 15) is 9.59 Å². The third-order valence-electron chi connectivity index (χ3n) is 10.3. The fraction of sp³-hybridized carbons (Fsp3) is 0.381.